The number of piperidine rings is 4. The number of aromatic nitrogens is 6. The van der Waals surface area contributed by atoms with Crippen molar-refractivity contribution in [3.8, 4) is 23.0 Å². The first kappa shape index (κ1) is 61.8. The van der Waals surface area contributed by atoms with Crippen LogP contribution in [-0.2, 0) is 26.7 Å². The van der Waals surface area contributed by atoms with Crippen LogP contribution in [0.1, 0.15) is 115 Å². The molecule has 6 aliphatic heterocycles. The zero-order valence-corrected chi connectivity index (χ0v) is 51.6. The molecule has 3 aromatic carbocycles. The molecule has 0 atom stereocenters. The summed E-state index contributed by atoms with van der Waals surface area (Å²) in [5, 5.41) is 15.2. The number of halogens is 2. The van der Waals surface area contributed by atoms with Crippen LogP contribution in [0.5, 0.6) is 23.0 Å². The number of nitrogens with zero attached hydrogens (tertiary/aromatic N) is 12. The van der Waals surface area contributed by atoms with E-state index in [1.165, 1.54) is 101 Å². The highest BCUT2D eigenvalue weighted by Gasteiger charge is 2.35. The molecule has 0 radical (unpaired) electrons. The Kier molecular flexibility index (Phi) is 20.5. The number of anilines is 7. The molecular weight excluding hydrogens is 1190 g/mol. The molecule has 25 nitrogen and oxygen atoms in total. The summed E-state index contributed by atoms with van der Waals surface area (Å²) in [4.78, 5) is 45.7. The van der Waals surface area contributed by atoms with Crippen LogP contribution < -0.4 is 46.8 Å². The van der Waals surface area contributed by atoms with Crippen molar-refractivity contribution in [3.63, 3.8) is 0 Å². The minimum absolute atomic E-state index is 0.0231. The van der Waals surface area contributed by atoms with Gasteiger partial charge in [-0.3, -0.25) is 9.11 Å². The molecule has 11 rings (SSSR count). The van der Waals surface area contributed by atoms with Gasteiger partial charge < -0.3 is 55.7 Å². The number of aryl methyl sites for hydroxylation is 1. The predicted molar refractivity (Wildman–Crippen MR) is 330 cm³/mol. The average molecular weight is 1260 g/mol. The number of benzene rings is 3. The maximum atomic E-state index is 13.5. The number of unbranched alkanes of at least 4 members (excludes halogenated alkanes) is 1. The first-order valence-electron chi connectivity index (χ1n) is 30.5. The lowest BCUT2D eigenvalue weighted by Gasteiger charge is -2.26. The summed E-state index contributed by atoms with van der Waals surface area (Å²) < 4.78 is 88.5. The standard InChI is InChI=1S/C57H77Cl2N17O8S2/c58-43-46-50(84-48-39(64-46)20-22-41(52(48)86(80,81)82)66-57-71-54(61-24-16-36-75-30-10-3-11-31-75)69-55(72-57)62-25-17-37-76-32-12-4-13-33-76)44(59)45-49(43)83-47-38(63-45)19-21-40(51(47)85(77,78)79)65-56-68-42(18-5-14-34-73-26-6-1-7-27-73)67-53(70-56)60-23-15-35-74-28-8-2-9-29-74/h19-22H,1-18,23-37H2,(H,77,78,79)(H,80,81,82)(H2,60,65,67,68,70)(H3,61,62,66,69,71,72). The zero-order chi connectivity index (χ0) is 59.6. The number of likely N-dealkylation sites (tertiary alicyclic amines) is 4. The van der Waals surface area contributed by atoms with E-state index in [1.54, 1.807) is 0 Å². The van der Waals surface area contributed by atoms with Gasteiger partial charge in [0, 0.05) is 26.1 Å². The average Bonchev–Trinajstić information content (AvgIpc) is 1.02. The second kappa shape index (κ2) is 28.5. The van der Waals surface area contributed by atoms with Crippen molar-refractivity contribution in [1.29, 1.82) is 0 Å². The molecule has 2 aromatic heterocycles. The van der Waals surface area contributed by atoms with Crippen molar-refractivity contribution in [2.45, 2.75) is 125 Å². The Morgan fingerprint density at radius 1 is 0.430 bits per heavy atom. The van der Waals surface area contributed by atoms with Gasteiger partial charge in [0.15, 0.2) is 32.8 Å². The van der Waals surface area contributed by atoms with Gasteiger partial charge in [-0.15, -0.1) is 0 Å². The summed E-state index contributed by atoms with van der Waals surface area (Å²) in [6.45, 7) is 14.2. The van der Waals surface area contributed by atoms with Crippen molar-refractivity contribution in [2.24, 2.45) is 9.98 Å². The topological polar surface area (TPSA) is 302 Å². The van der Waals surface area contributed by atoms with E-state index in [2.05, 4.69) is 76.1 Å². The number of hydrogen-bond donors (Lipinski definition) is 7. The van der Waals surface area contributed by atoms with Crippen LogP contribution in [0.15, 0.2) is 44.0 Å². The number of fused-ring (bicyclic) bond motifs is 4. The van der Waals surface area contributed by atoms with Gasteiger partial charge in [-0.25, -0.2) is 9.98 Å². The number of ether oxygens (including phenoxy) is 2. The lowest BCUT2D eigenvalue weighted by atomic mass is 10.1. The molecule has 6 aliphatic rings. The third kappa shape index (κ3) is 15.7. The summed E-state index contributed by atoms with van der Waals surface area (Å²) in [5.41, 5.74) is -0.433. The summed E-state index contributed by atoms with van der Waals surface area (Å²) >= 11 is 14.2. The summed E-state index contributed by atoms with van der Waals surface area (Å²) in [5.74, 6) is 0.0953. The SMILES string of the molecule is O=S(=O)(O)c1c(Nc2nc(CCCCN3CCCCC3)nc(NCCCN3CCCCC3)n2)ccc2c1Oc1c(Cl)c3c(c(Cl)c1=N2)Oc1c(ccc(Nc2nc(NCCCN4CCCCC4)nc(NCCCN4CCCCC4)n2)c1S(=O)(=O)O)N=3. The van der Waals surface area contributed by atoms with Gasteiger partial charge in [0.2, 0.25) is 29.7 Å². The van der Waals surface area contributed by atoms with Crippen molar-refractivity contribution in [3.05, 3.63) is 50.8 Å². The van der Waals surface area contributed by atoms with E-state index in [1.807, 2.05) is 0 Å². The van der Waals surface area contributed by atoms with E-state index >= 15 is 0 Å². The van der Waals surface area contributed by atoms with Crippen molar-refractivity contribution in [2.75, 3.05) is 125 Å². The maximum absolute atomic E-state index is 13.5. The van der Waals surface area contributed by atoms with Gasteiger partial charge in [-0.05, 0) is 186 Å². The van der Waals surface area contributed by atoms with Gasteiger partial charge in [0.1, 0.15) is 38.0 Å². The maximum Gasteiger partial charge on any atom is 0.300 e. The monoisotopic (exact) mass is 1260 g/mol. The Bertz CT molecular complexity index is 3270. The van der Waals surface area contributed by atoms with Crippen LogP contribution in [0.2, 0.25) is 10.0 Å². The first-order valence-corrected chi connectivity index (χ1v) is 34.1. The molecular formula is C57H77Cl2N17O8S2. The lowest BCUT2D eigenvalue weighted by molar-refractivity contribution is 0.225. The molecule has 4 fully saturated rings. The van der Waals surface area contributed by atoms with E-state index in [-0.39, 0.29) is 78.8 Å². The van der Waals surface area contributed by atoms with Crippen LogP contribution in [0.3, 0.4) is 0 Å². The highest BCUT2D eigenvalue weighted by molar-refractivity contribution is 7.86. The van der Waals surface area contributed by atoms with Gasteiger partial charge >= 0.3 is 0 Å². The number of nitrogens with one attached hydrogen (secondary N) is 5. The lowest BCUT2D eigenvalue weighted by Crippen LogP contribution is -2.31. The van der Waals surface area contributed by atoms with Crippen LogP contribution in [0, 0.1) is 0 Å². The summed E-state index contributed by atoms with van der Waals surface area (Å²) in [6.07, 6.45) is 19.5. The second-order valence-corrected chi connectivity index (χ2v) is 26.3. The molecule has 0 bridgehead atoms. The van der Waals surface area contributed by atoms with Crippen LogP contribution in [0.25, 0.3) is 0 Å². The Labute approximate surface area is 512 Å². The van der Waals surface area contributed by atoms with E-state index in [0.717, 1.165) is 111 Å². The molecule has 0 unspecified atom stereocenters. The molecule has 0 amide bonds. The third-order valence-corrected chi connectivity index (χ3v) is 18.9. The molecule has 4 saturated heterocycles. The summed E-state index contributed by atoms with van der Waals surface area (Å²) in [6, 6.07) is 5.64. The highest BCUT2D eigenvalue weighted by atomic mass is 35.5. The number of rotatable bonds is 26. The Morgan fingerprint density at radius 2 is 0.767 bits per heavy atom. The minimum Gasteiger partial charge on any atom is -0.450 e. The fourth-order valence-corrected chi connectivity index (χ4v) is 14.1. The fraction of sp³-hybridized carbons (Fsp3) is 0.579. The Balaban J connectivity index is 0.853. The second-order valence-electron chi connectivity index (χ2n) is 22.8. The summed E-state index contributed by atoms with van der Waals surface area (Å²) in [7, 11) is -10.2. The van der Waals surface area contributed by atoms with Gasteiger partial charge in [0.05, 0.1) is 11.4 Å². The molecule has 0 spiro atoms. The molecule has 0 saturated carbocycles. The molecule has 8 heterocycles. The Morgan fingerprint density at radius 3 is 1.15 bits per heavy atom. The third-order valence-electron chi connectivity index (χ3n) is 16.3. The largest absolute Gasteiger partial charge is 0.450 e. The molecule has 7 N–H and O–H groups in total. The normalized spacial score (nSPS) is 17.6. The minimum atomic E-state index is -5.11. The van der Waals surface area contributed by atoms with Crippen molar-refractivity contribution < 1.29 is 35.4 Å². The van der Waals surface area contributed by atoms with E-state index in [4.69, 9.17) is 42.6 Å². The van der Waals surface area contributed by atoms with Crippen molar-refractivity contribution in [1.82, 2.24) is 49.5 Å². The van der Waals surface area contributed by atoms with E-state index in [9.17, 15) is 25.9 Å². The Hall–Kier alpha value is -5.88. The fourth-order valence-electron chi connectivity index (χ4n) is 12.0. The zero-order valence-electron chi connectivity index (χ0n) is 48.4. The van der Waals surface area contributed by atoms with E-state index < -0.39 is 41.5 Å². The highest BCUT2D eigenvalue weighted by Crippen LogP contribution is 2.49. The molecule has 0 aliphatic carbocycles. The van der Waals surface area contributed by atoms with Crippen LogP contribution in [-0.4, -0.2) is 174 Å². The van der Waals surface area contributed by atoms with Gasteiger partial charge in [-0.2, -0.15) is 46.7 Å². The molecule has 86 heavy (non-hydrogen) atoms. The van der Waals surface area contributed by atoms with E-state index in [0.29, 0.717) is 37.8 Å². The van der Waals surface area contributed by atoms with Crippen LogP contribution in [0.4, 0.5) is 52.5 Å². The smallest absolute Gasteiger partial charge is 0.300 e. The molecule has 29 heteroatoms. The quantitative estimate of drug-likeness (QED) is 0.0196. The van der Waals surface area contributed by atoms with Crippen LogP contribution >= 0.6 is 23.2 Å². The molecule has 464 valence electrons. The predicted octanol–water partition coefficient (Wildman–Crippen LogP) is 9.13. The number of hydrogen-bond acceptors (Lipinski definition) is 23. The first-order chi connectivity index (χ1) is 41.7. The van der Waals surface area contributed by atoms with Gasteiger partial charge in [0.25, 0.3) is 20.2 Å². The van der Waals surface area contributed by atoms with Crippen molar-refractivity contribution >= 4 is 95.9 Å². The van der Waals surface area contributed by atoms with Gasteiger partial charge in [-0.1, -0.05) is 48.9 Å². The molecule has 5 aromatic rings.